The van der Waals surface area contributed by atoms with Crippen molar-refractivity contribution in [1.82, 2.24) is 4.90 Å². The van der Waals surface area contributed by atoms with Gasteiger partial charge in [-0.3, -0.25) is 9.59 Å². The molecule has 1 unspecified atom stereocenters. The molecule has 130 valence electrons. The normalized spacial score (nSPS) is 17.5. The number of aryl methyl sites for hydroxylation is 2. The Hall–Kier alpha value is -2.37. The second-order valence-electron chi connectivity index (χ2n) is 6.23. The fourth-order valence-electron chi connectivity index (χ4n) is 3.14. The largest absolute Gasteiger partial charge is 0.478 e. The summed E-state index contributed by atoms with van der Waals surface area (Å²) in [6.07, 6.45) is 2.81. The average molecular weight is 332 g/mol. The molecule has 0 spiro atoms. The number of piperidine rings is 1. The van der Waals surface area contributed by atoms with Crippen LogP contribution in [0.15, 0.2) is 12.1 Å². The lowest BCUT2D eigenvalue weighted by Gasteiger charge is -2.34. The minimum Gasteiger partial charge on any atom is -0.478 e. The van der Waals surface area contributed by atoms with Crippen molar-refractivity contribution in [3.05, 3.63) is 28.8 Å². The lowest BCUT2D eigenvalue weighted by atomic mass is 9.99. The van der Waals surface area contributed by atoms with Crippen LogP contribution in [0, 0.1) is 13.8 Å². The van der Waals surface area contributed by atoms with Gasteiger partial charge in [0.2, 0.25) is 11.8 Å². The molecule has 1 aromatic carbocycles. The number of anilines is 1. The van der Waals surface area contributed by atoms with Gasteiger partial charge in [0, 0.05) is 18.7 Å². The first-order valence-corrected chi connectivity index (χ1v) is 8.30. The van der Waals surface area contributed by atoms with Gasteiger partial charge in [0.05, 0.1) is 5.56 Å². The number of carboxylic acids is 1. The van der Waals surface area contributed by atoms with Gasteiger partial charge in [-0.05, 0) is 50.3 Å². The monoisotopic (exact) mass is 332 g/mol. The Kier molecular flexibility index (Phi) is 5.59. The molecule has 0 radical (unpaired) electrons. The Bertz CT molecular complexity index is 669. The summed E-state index contributed by atoms with van der Waals surface area (Å²) < 4.78 is 0. The van der Waals surface area contributed by atoms with Crippen LogP contribution in [-0.4, -0.2) is 40.4 Å². The van der Waals surface area contributed by atoms with E-state index in [-0.39, 0.29) is 17.4 Å². The van der Waals surface area contributed by atoms with Crippen molar-refractivity contribution in [2.24, 2.45) is 0 Å². The molecule has 0 aromatic heterocycles. The molecule has 6 heteroatoms. The van der Waals surface area contributed by atoms with Gasteiger partial charge in [-0.25, -0.2) is 4.79 Å². The molecular formula is C18H24N2O4. The Labute approximate surface area is 141 Å². The highest BCUT2D eigenvalue weighted by molar-refractivity contribution is 5.99. The fraction of sp³-hybridized carbons (Fsp3) is 0.500. The predicted octanol–water partition coefficient (Wildman–Crippen LogP) is 2.73. The number of nitrogens with zero attached hydrogens (tertiary/aromatic N) is 1. The zero-order valence-corrected chi connectivity index (χ0v) is 14.4. The van der Waals surface area contributed by atoms with Gasteiger partial charge >= 0.3 is 5.97 Å². The summed E-state index contributed by atoms with van der Waals surface area (Å²) in [5, 5.41) is 12.1. The molecule has 1 aliphatic rings. The first-order chi connectivity index (χ1) is 11.3. The van der Waals surface area contributed by atoms with E-state index < -0.39 is 12.0 Å². The van der Waals surface area contributed by atoms with Gasteiger partial charge in [0.25, 0.3) is 0 Å². The maximum Gasteiger partial charge on any atom is 0.336 e. The van der Waals surface area contributed by atoms with E-state index in [1.807, 2.05) is 6.92 Å². The van der Waals surface area contributed by atoms with Crippen molar-refractivity contribution in [2.45, 2.75) is 52.5 Å². The quantitative estimate of drug-likeness (QED) is 0.887. The summed E-state index contributed by atoms with van der Waals surface area (Å²) in [4.78, 5) is 37.6. The van der Waals surface area contributed by atoms with Crippen LogP contribution in [0.25, 0.3) is 0 Å². The number of aromatic carboxylic acids is 1. The molecule has 1 heterocycles. The van der Waals surface area contributed by atoms with Gasteiger partial charge in [-0.1, -0.05) is 13.0 Å². The smallest absolute Gasteiger partial charge is 0.336 e. The molecule has 0 aliphatic carbocycles. The molecule has 0 bridgehead atoms. The van der Waals surface area contributed by atoms with E-state index in [9.17, 15) is 19.5 Å². The van der Waals surface area contributed by atoms with Crippen molar-refractivity contribution in [2.75, 3.05) is 11.9 Å². The Morgan fingerprint density at radius 3 is 2.54 bits per heavy atom. The Balaban J connectivity index is 2.23. The van der Waals surface area contributed by atoms with E-state index in [1.165, 1.54) is 6.07 Å². The maximum atomic E-state index is 12.7. The minimum atomic E-state index is -1.02. The number of carbonyl (C=O) groups is 3. The standard InChI is InChI=1S/C18H24N2O4/c1-4-16(21)20-8-6-5-7-15(20)17(22)19-14-10-13(18(23)24)11(2)9-12(14)3/h9-10,15H,4-8H2,1-3H3,(H,19,22)(H,23,24). The molecule has 2 N–H and O–H groups in total. The second-order valence-corrected chi connectivity index (χ2v) is 6.23. The molecule has 1 aromatic rings. The molecule has 6 nitrogen and oxygen atoms in total. The first-order valence-electron chi connectivity index (χ1n) is 8.30. The minimum absolute atomic E-state index is 0.0262. The van der Waals surface area contributed by atoms with Crippen molar-refractivity contribution >= 4 is 23.5 Å². The first kappa shape index (κ1) is 18.0. The van der Waals surface area contributed by atoms with Crippen LogP contribution in [0.1, 0.15) is 54.1 Å². The third-order valence-electron chi connectivity index (χ3n) is 4.49. The zero-order valence-electron chi connectivity index (χ0n) is 14.4. The molecule has 24 heavy (non-hydrogen) atoms. The maximum absolute atomic E-state index is 12.7. The number of hydrogen-bond donors (Lipinski definition) is 2. The Morgan fingerprint density at radius 1 is 1.21 bits per heavy atom. The highest BCUT2D eigenvalue weighted by Crippen LogP contribution is 2.24. The number of carbonyl (C=O) groups excluding carboxylic acids is 2. The summed E-state index contributed by atoms with van der Waals surface area (Å²) >= 11 is 0. The van der Waals surface area contributed by atoms with Crippen LogP contribution in [0.4, 0.5) is 5.69 Å². The van der Waals surface area contributed by atoms with Crippen molar-refractivity contribution in [3.8, 4) is 0 Å². The van der Waals surface area contributed by atoms with E-state index >= 15 is 0 Å². The molecule has 1 aliphatic heterocycles. The third kappa shape index (κ3) is 3.75. The van der Waals surface area contributed by atoms with Gasteiger partial charge < -0.3 is 15.3 Å². The lowest BCUT2D eigenvalue weighted by molar-refractivity contribution is -0.140. The van der Waals surface area contributed by atoms with Crippen molar-refractivity contribution < 1.29 is 19.5 Å². The number of rotatable bonds is 4. The van der Waals surface area contributed by atoms with E-state index in [1.54, 1.807) is 24.8 Å². The topological polar surface area (TPSA) is 86.7 Å². The van der Waals surface area contributed by atoms with Crippen LogP contribution in [0.2, 0.25) is 0 Å². The lowest BCUT2D eigenvalue weighted by Crippen LogP contribution is -2.49. The SMILES string of the molecule is CCC(=O)N1CCCCC1C(=O)Nc1cc(C(=O)O)c(C)cc1C. The highest BCUT2D eigenvalue weighted by atomic mass is 16.4. The van der Waals surface area contributed by atoms with E-state index in [0.29, 0.717) is 30.6 Å². The molecule has 2 rings (SSSR count). The molecule has 1 fully saturated rings. The number of nitrogens with one attached hydrogen (secondary N) is 1. The van der Waals surface area contributed by atoms with E-state index in [0.717, 1.165) is 18.4 Å². The number of likely N-dealkylation sites (tertiary alicyclic amines) is 1. The number of amides is 2. The summed E-state index contributed by atoms with van der Waals surface area (Å²) in [5.41, 5.74) is 2.10. The highest BCUT2D eigenvalue weighted by Gasteiger charge is 2.31. The second kappa shape index (κ2) is 7.47. The summed E-state index contributed by atoms with van der Waals surface area (Å²) in [6, 6.07) is 2.74. The number of benzene rings is 1. The van der Waals surface area contributed by atoms with Crippen LogP contribution >= 0.6 is 0 Å². The van der Waals surface area contributed by atoms with Gasteiger partial charge in [-0.15, -0.1) is 0 Å². The fourth-order valence-corrected chi connectivity index (χ4v) is 3.14. The molecule has 1 atom stereocenters. The number of hydrogen-bond acceptors (Lipinski definition) is 3. The predicted molar refractivity (Wildman–Crippen MR) is 91.1 cm³/mol. The third-order valence-corrected chi connectivity index (χ3v) is 4.49. The van der Waals surface area contributed by atoms with Crippen LogP contribution in [-0.2, 0) is 9.59 Å². The van der Waals surface area contributed by atoms with E-state index in [2.05, 4.69) is 5.32 Å². The average Bonchev–Trinajstić information content (AvgIpc) is 2.56. The van der Waals surface area contributed by atoms with Crippen molar-refractivity contribution in [3.63, 3.8) is 0 Å². The summed E-state index contributed by atoms with van der Waals surface area (Å²) in [5.74, 6) is -1.30. The Morgan fingerprint density at radius 2 is 1.92 bits per heavy atom. The number of carboxylic acid groups (broad SMARTS) is 1. The van der Waals surface area contributed by atoms with Crippen LogP contribution < -0.4 is 5.32 Å². The summed E-state index contributed by atoms with van der Waals surface area (Å²) in [7, 11) is 0. The molecule has 1 saturated heterocycles. The van der Waals surface area contributed by atoms with E-state index in [4.69, 9.17) is 0 Å². The van der Waals surface area contributed by atoms with Gasteiger partial charge in [0.1, 0.15) is 6.04 Å². The van der Waals surface area contributed by atoms with Crippen LogP contribution in [0.3, 0.4) is 0 Å². The zero-order chi connectivity index (χ0) is 17.9. The van der Waals surface area contributed by atoms with Gasteiger partial charge in [0.15, 0.2) is 0 Å². The van der Waals surface area contributed by atoms with Crippen molar-refractivity contribution in [1.29, 1.82) is 0 Å². The molecule has 0 saturated carbocycles. The van der Waals surface area contributed by atoms with Crippen LogP contribution in [0.5, 0.6) is 0 Å². The molecular weight excluding hydrogens is 308 g/mol. The summed E-state index contributed by atoms with van der Waals surface area (Å²) in [6.45, 7) is 5.93. The van der Waals surface area contributed by atoms with Gasteiger partial charge in [-0.2, -0.15) is 0 Å². The molecule has 2 amide bonds.